The molecule has 2 aliphatic rings. The minimum atomic E-state index is -1.21. The second-order valence-electron chi connectivity index (χ2n) is 11.8. The highest BCUT2D eigenvalue weighted by Gasteiger charge is 2.59. The molecule has 10 heteroatoms. The Morgan fingerprint density at radius 1 is 0.714 bits per heavy atom. The van der Waals surface area contributed by atoms with Crippen LogP contribution in [0.4, 0.5) is 0 Å². The van der Waals surface area contributed by atoms with E-state index in [0.29, 0.717) is 42.1 Å². The van der Waals surface area contributed by atoms with Crippen molar-refractivity contribution in [2.45, 2.75) is 52.4 Å². The van der Waals surface area contributed by atoms with E-state index in [-0.39, 0.29) is 30.5 Å². The van der Waals surface area contributed by atoms with Gasteiger partial charge in [0.05, 0.1) is 26.2 Å². The third kappa shape index (κ3) is 6.54. The van der Waals surface area contributed by atoms with E-state index in [1.165, 1.54) is 14.2 Å². The van der Waals surface area contributed by atoms with Crippen molar-refractivity contribution in [1.82, 2.24) is 0 Å². The number of benzene rings is 2. The number of esters is 2. The molecule has 0 aliphatic heterocycles. The van der Waals surface area contributed by atoms with Crippen LogP contribution in [0.15, 0.2) is 48.5 Å². The van der Waals surface area contributed by atoms with Crippen molar-refractivity contribution in [2.75, 3.05) is 26.7 Å². The molecule has 42 heavy (non-hydrogen) atoms. The van der Waals surface area contributed by atoms with Crippen molar-refractivity contribution in [3.8, 4) is 0 Å². The second-order valence-corrected chi connectivity index (χ2v) is 13.0. The molecular weight excluding hydrogens is 603 g/mol. The van der Waals surface area contributed by atoms with Gasteiger partial charge in [-0.1, -0.05) is 61.3 Å². The summed E-state index contributed by atoms with van der Waals surface area (Å²) in [5.74, 6) is -1.15. The maximum atomic E-state index is 12.8. The molecule has 0 spiro atoms. The molecule has 2 saturated carbocycles. The summed E-state index contributed by atoms with van der Waals surface area (Å²) in [6.45, 7) is 3.25. The standard InChI is InChI=1S/C16H18Cl2O3.C16H19ClO4/c1-15(10-17)7-8-16(13(15)19,14(20)21-2)9-11-3-5-12(18)6-4-11;1-15(10-18)7-8-16(13(15)19,14(20)21-2)9-11-3-5-12(17)6-4-11/h3-6H,7-10H2,1-2H3;3-6,18H,7-10H2,1-2H3. The molecule has 0 bridgehead atoms. The van der Waals surface area contributed by atoms with Gasteiger partial charge in [0.15, 0.2) is 11.6 Å². The highest BCUT2D eigenvalue weighted by atomic mass is 35.5. The Hall–Kier alpha value is -2.45. The van der Waals surface area contributed by atoms with Gasteiger partial charge < -0.3 is 14.6 Å². The second kappa shape index (κ2) is 13.5. The highest BCUT2D eigenvalue weighted by molar-refractivity contribution is 6.30. The molecule has 7 nitrogen and oxygen atoms in total. The van der Waals surface area contributed by atoms with Gasteiger partial charge in [0.1, 0.15) is 10.8 Å². The topological polar surface area (TPSA) is 107 Å². The summed E-state index contributed by atoms with van der Waals surface area (Å²) in [5.41, 5.74) is -2.15. The maximum Gasteiger partial charge on any atom is 0.319 e. The number of halogens is 3. The first-order valence-electron chi connectivity index (χ1n) is 13.7. The summed E-state index contributed by atoms with van der Waals surface area (Å²) in [6, 6.07) is 14.2. The molecule has 0 radical (unpaired) electrons. The lowest BCUT2D eigenvalue weighted by Crippen LogP contribution is -2.43. The Morgan fingerprint density at radius 3 is 1.36 bits per heavy atom. The van der Waals surface area contributed by atoms with Gasteiger partial charge in [-0.25, -0.2) is 0 Å². The van der Waals surface area contributed by atoms with Gasteiger partial charge in [-0.15, -0.1) is 11.6 Å². The first-order chi connectivity index (χ1) is 19.8. The number of aliphatic hydroxyl groups excluding tert-OH is 1. The summed E-state index contributed by atoms with van der Waals surface area (Å²) in [5, 5.41) is 10.7. The maximum absolute atomic E-state index is 12.8. The summed E-state index contributed by atoms with van der Waals surface area (Å²) in [4.78, 5) is 50.2. The Kier molecular flexibility index (Phi) is 10.9. The van der Waals surface area contributed by atoms with Gasteiger partial charge in [-0.05, 0) is 73.9 Å². The van der Waals surface area contributed by atoms with Crippen LogP contribution in [-0.4, -0.2) is 55.3 Å². The minimum Gasteiger partial charge on any atom is -0.468 e. The summed E-state index contributed by atoms with van der Waals surface area (Å²) < 4.78 is 9.79. The molecule has 228 valence electrons. The lowest BCUT2D eigenvalue weighted by molar-refractivity contribution is -0.159. The number of methoxy groups -OCH3 is 2. The number of carbonyl (C=O) groups excluding carboxylic acids is 4. The van der Waals surface area contributed by atoms with Crippen molar-refractivity contribution in [1.29, 1.82) is 0 Å². The zero-order valence-electron chi connectivity index (χ0n) is 24.3. The molecule has 0 heterocycles. The molecule has 4 unspecified atom stereocenters. The molecule has 2 aromatic rings. The Bertz CT molecular complexity index is 1210. The van der Waals surface area contributed by atoms with Gasteiger partial charge in [-0.2, -0.15) is 0 Å². The molecule has 2 fully saturated rings. The predicted octanol–water partition coefficient (Wildman–Crippen LogP) is 6.05. The average molecular weight is 640 g/mol. The van der Waals surface area contributed by atoms with Crippen LogP contribution in [0, 0.1) is 21.7 Å². The molecule has 0 amide bonds. The normalized spacial score (nSPS) is 28.7. The third-order valence-corrected chi connectivity index (χ3v) is 9.90. The fraction of sp³-hybridized carbons (Fsp3) is 0.500. The predicted molar refractivity (Wildman–Crippen MR) is 162 cm³/mol. The van der Waals surface area contributed by atoms with Crippen LogP contribution in [0.25, 0.3) is 0 Å². The minimum absolute atomic E-state index is 0.119. The number of alkyl halides is 1. The largest absolute Gasteiger partial charge is 0.468 e. The quantitative estimate of drug-likeness (QED) is 0.213. The van der Waals surface area contributed by atoms with Gasteiger partial charge >= 0.3 is 11.9 Å². The molecule has 4 rings (SSSR count). The van der Waals surface area contributed by atoms with Crippen LogP contribution in [-0.2, 0) is 41.5 Å². The van der Waals surface area contributed by atoms with Crippen LogP contribution >= 0.6 is 34.8 Å². The van der Waals surface area contributed by atoms with Crippen molar-refractivity contribution in [3.63, 3.8) is 0 Å². The fourth-order valence-corrected chi connectivity index (χ4v) is 6.54. The number of aliphatic hydroxyl groups is 1. The number of rotatable bonds is 8. The average Bonchev–Trinajstić information content (AvgIpc) is 3.41. The molecule has 1 N–H and O–H groups in total. The van der Waals surface area contributed by atoms with Crippen molar-refractivity contribution in [2.24, 2.45) is 21.7 Å². The van der Waals surface area contributed by atoms with Crippen LogP contribution in [0.1, 0.15) is 50.7 Å². The van der Waals surface area contributed by atoms with E-state index in [1.807, 2.05) is 19.1 Å². The molecule has 0 saturated heterocycles. The monoisotopic (exact) mass is 638 g/mol. The highest BCUT2D eigenvalue weighted by Crippen LogP contribution is 2.50. The van der Waals surface area contributed by atoms with Crippen molar-refractivity contribution >= 4 is 58.3 Å². The lowest BCUT2D eigenvalue weighted by Gasteiger charge is -2.27. The lowest BCUT2D eigenvalue weighted by atomic mass is 9.75. The number of ketones is 2. The Labute approximate surface area is 261 Å². The molecular formula is C32H37Cl3O7. The van der Waals surface area contributed by atoms with Crippen molar-refractivity contribution in [3.05, 3.63) is 69.7 Å². The molecule has 4 atom stereocenters. The van der Waals surface area contributed by atoms with E-state index in [4.69, 9.17) is 44.3 Å². The van der Waals surface area contributed by atoms with Gasteiger partial charge in [0.25, 0.3) is 0 Å². The van der Waals surface area contributed by atoms with E-state index in [1.54, 1.807) is 43.3 Å². The first-order valence-corrected chi connectivity index (χ1v) is 15.0. The van der Waals surface area contributed by atoms with Crippen LogP contribution < -0.4 is 0 Å². The number of carbonyl (C=O) groups is 4. The first kappa shape index (κ1) is 34.0. The Morgan fingerprint density at radius 2 is 1.07 bits per heavy atom. The zero-order valence-corrected chi connectivity index (χ0v) is 26.6. The number of Topliss-reactive ketones (excluding diaryl/α,β-unsaturated/α-hetero) is 2. The van der Waals surface area contributed by atoms with E-state index >= 15 is 0 Å². The van der Waals surface area contributed by atoms with E-state index in [2.05, 4.69) is 0 Å². The summed E-state index contributed by atoms with van der Waals surface area (Å²) >= 11 is 17.7. The summed E-state index contributed by atoms with van der Waals surface area (Å²) in [6.07, 6.45) is 2.51. The van der Waals surface area contributed by atoms with Gasteiger partial charge in [-0.3, -0.25) is 19.2 Å². The zero-order chi connectivity index (χ0) is 31.3. The van der Waals surface area contributed by atoms with E-state index < -0.39 is 33.6 Å². The van der Waals surface area contributed by atoms with Crippen LogP contribution in [0.5, 0.6) is 0 Å². The molecule has 0 aromatic heterocycles. The Balaban J connectivity index is 0.000000230. The smallest absolute Gasteiger partial charge is 0.319 e. The third-order valence-electron chi connectivity index (χ3n) is 8.81. The van der Waals surface area contributed by atoms with Crippen LogP contribution in [0.3, 0.4) is 0 Å². The van der Waals surface area contributed by atoms with Crippen molar-refractivity contribution < 1.29 is 33.8 Å². The number of hydrogen-bond donors (Lipinski definition) is 1. The number of hydrogen-bond acceptors (Lipinski definition) is 7. The summed E-state index contributed by atoms with van der Waals surface area (Å²) in [7, 11) is 2.60. The van der Waals surface area contributed by atoms with Gasteiger partial charge in [0, 0.05) is 21.3 Å². The van der Waals surface area contributed by atoms with E-state index in [9.17, 15) is 24.3 Å². The van der Waals surface area contributed by atoms with E-state index in [0.717, 1.165) is 11.1 Å². The fourth-order valence-electron chi connectivity index (χ4n) is 6.03. The van der Waals surface area contributed by atoms with Crippen LogP contribution in [0.2, 0.25) is 10.0 Å². The SMILES string of the molecule is COC(=O)C1(Cc2ccc(Cl)cc2)CCC(C)(CCl)C1=O.COC(=O)C1(Cc2ccc(Cl)cc2)CCC(C)(CO)C1=O. The van der Waals surface area contributed by atoms with Gasteiger partial charge in [0.2, 0.25) is 0 Å². The molecule has 2 aliphatic carbocycles. The molecule has 2 aromatic carbocycles. The number of ether oxygens (including phenoxy) is 2.